The highest BCUT2D eigenvalue weighted by atomic mass is 19.1. The summed E-state index contributed by atoms with van der Waals surface area (Å²) >= 11 is 0. The first-order valence-corrected chi connectivity index (χ1v) is 13.5. The zero-order chi connectivity index (χ0) is 30.0. The molecule has 0 aliphatic heterocycles. The predicted octanol–water partition coefficient (Wildman–Crippen LogP) is 4.20. The molecule has 5 rings (SSSR count). The number of rotatable bonds is 10. The highest BCUT2D eigenvalue weighted by Gasteiger charge is 2.47. The Balaban J connectivity index is 1.52. The van der Waals surface area contributed by atoms with Gasteiger partial charge in [-0.05, 0) is 55.8 Å². The summed E-state index contributed by atoms with van der Waals surface area (Å²) in [6.07, 6.45) is 1.62. The predicted molar refractivity (Wildman–Crippen MR) is 152 cm³/mol. The minimum absolute atomic E-state index is 0.0128. The number of carbonyl (C=O) groups is 2. The van der Waals surface area contributed by atoms with Crippen LogP contribution in [0.3, 0.4) is 0 Å². The molecule has 9 nitrogen and oxygen atoms in total. The maximum absolute atomic E-state index is 14.5. The Kier molecular flexibility index (Phi) is 7.93. The van der Waals surface area contributed by atoms with E-state index in [-0.39, 0.29) is 31.5 Å². The molecular weight excluding hydrogens is 542 g/mol. The Morgan fingerprint density at radius 1 is 0.833 bits per heavy atom. The molecule has 42 heavy (non-hydrogen) atoms. The molecule has 3 aromatic heterocycles. The molecule has 11 heteroatoms. The van der Waals surface area contributed by atoms with E-state index in [1.54, 1.807) is 29.7 Å². The first-order valence-electron chi connectivity index (χ1n) is 13.5. The summed E-state index contributed by atoms with van der Waals surface area (Å²) in [5.41, 5.74) is 2.80. The van der Waals surface area contributed by atoms with E-state index in [1.807, 2.05) is 50.2 Å². The van der Waals surface area contributed by atoms with E-state index >= 15 is 0 Å². The lowest BCUT2D eigenvalue weighted by Gasteiger charge is -2.31. The number of amides is 2. The summed E-state index contributed by atoms with van der Waals surface area (Å²) < 4.78 is 36.7. The van der Waals surface area contributed by atoms with Crippen molar-refractivity contribution in [3.8, 4) is 0 Å². The van der Waals surface area contributed by atoms with E-state index in [1.165, 1.54) is 6.07 Å². The number of hydrogen-bond acceptors (Lipinski definition) is 5. The summed E-state index contributed by atoms with van der Waals surface area (Å²) in [4.78, 5) is 28.5. The SMILES string of the molecule is Cc1cc(CC(Cc2cc(C)nn2C)(C(=O)NCc2ccc3occc3c2)C(=O)NCc2ccc(F)cc2F)n(C)n1. The van der Waals surface area contributed by atoms with Crippen molar-refractivity contribution in [1.29, 1.82) is 0 Å². The number of hydrogen-bond donors (Lipinski definition) is 2. The van der Waals surface area contributed by atoms with Gasteiger partial charge in [0.05, 0.1) is 17.7 Å². The van der Waals surface area contributed by atoms with Gasteiger partial charge >= 0.3 is 0 Å². The second kappa shape index (κ2) is 11.6. The van der Waals surface area contributed by atoms with Crippen LogP contribution in [-0.4, -0.2) is 31.4 Å². The third-order valence-corrected chi connectivity index (χ3v) is 7.46. The Morgan fingerprint density at radius 3 is 2.02 bits per heavy atom. The van der Waals surface area contributed by atoms with E-state index < -0.39 is 28.9 Å². The number of halogens is 2. The quantitative estimate of drug-likeness (QED) is 0.243. The minimum atomic E-state index is -1.67. The second-order valence-corrected chi connectivity index (χ2v) is 10.6. The fourth-order valence-electron chi connectivity index (χ4n) is 5.25. The molecule has 0 bridgehead atoms. The number of nitrogens with one attached hydrogen (secondary N) is 2. The lowest BCUT2D eigenvalue weighted by molar-refractivity contribution is -0.144. The van der Waals surface area contributed by atoms with Crippen molar-refractivity contribution in [2.75, 3.05) is 0 Å². The van der Waals surface area contributed by atoms with Gasteiger partial charge in [-0.1, -0.05) is 12.1 Å². The van der Waals surface area contributed by atoms with E-state index in [4.69, 9.17) is 4.42 Å². The van der Waals surface area contributed by atoms with Crippen molar-refractivity contribution in [2.45, 2.75) is 39.8 Å². The molecule has 0 spiro atoms. The molecule has 0 fully saturated rings. The fourth-order valence-corrected chi connectivity index (χ4v) is 5.25. The Bertz CT molecular complexity index is 1720. The average Bonchev–Trinajstić information content (AvgIpc) is 3.63. The zero-order valence-corrected chi connectivity index (χ0v) is 23.9. The van der Waals surface area contributed by atoms with Crippen LogP contribution >= 0.6 is 0 Å². The number of aryl methyl sites for hydroxylation is 4. The molecule has 0 atom stereocenters. The highest BCUT2D eigenvalue weighted by Crippen LogP contribution is 2.31. The second-order valence-electron chi connectivity index (χ2n) is 10.6. The van der Waals surface area contributed by atoms with Crippen molar-refractivity contribution < 1.29 is 22.8 Å². The third-order valence-electron chi connectivity index (χ3n) is 7.46. The molecule has 0 radical (unpaired) electrons. The van der Waals surface area contributed by atoms with Crippen LogP contribution in [0.1, 0.15) is 33.9 Å². The summed E-state index contributed by atoms with van der Waals surface area (Å²) in [5, 5.41) is 15.5. The van der Waals surface area contributed by atoms with Crippen molar-refractivity contribution in [3.05, 3.63) is 106 Å². The minimum Gasteiger partial charge on any atom is -0.464 e. The monoisotopic (exact) mass is 574 g/mol. The number of carbonyl (C=O) groups excluding carboxylic acids is 2. The van der Waals surface area contributed by atoms with Gasteiger partial charge in [0.1, 0.15) is 22.6 Å². The van der Waals surface area contributed by atoms with Crippen LogP contribution in [0.25, 0.3) is 11.0 Å². The van der Waals surface area contributed by atoms with E-state index in [0.29, 0.717) is 11.4 Å². The maximum atomic E-state index is 14.5. The number of furan rings is 1. The summed E-state index contributed by atoms with van der Waals surface area (Å²) in [7, 11) is 3.51. The average molecular weight is 575 g/mol. The van der Waals surface area contributed by atoms with Crippen LogP contribution in [0.5, 0.6) is 0 Å². The standard InChI is InChI=1S/C31H32F2N6O3/c1-19-11-25(38(3)36-19)15-31(16-26-12-20(2)37-39(26)4,30(41)35-18-23-6-7-24(32)14-27(23)33)29(40)34-17-21-5-8-28-22(13-21)9-10-42-28/h5-14H,15-18H2,1-4H3,(H,34,40)(H,35,41). The maximum Gasteiger partial charge on any atom is 0.236 e. The van der Waals surface area contributed by atoms with E-state index in [9.17, 15) is 18.4 Å². The zero-order valence-electron chi connectivity index (χ0n) is 23.9. The lowest BCUT2D eigenvalue weighted by atomic mass is 9.76. The highest BCUT2D eigenvalue weighted by molar-refractivity contribution is 6.05. The van der Waals surface area contributed by atoms with Crippen LogP contribution in [0.15, 0.2) is 65.3 Å². The summed E-state index contributed by atoms with van der Waals surface area (Å²) in [5.74, 6) is -2.62. The number of fused-ring (bicyclic) bond motifs is 1. The molecule has 2 N–H and O–H groups in total. The molecule has 0 aliphatic carbocycles. The van der Waals surface area contributed by atoms with Crippen molar-refractivity contribution in [1.82, 2.24) is 30.2 Å². The Hall–Kier alpha value is -4.80. The van der Waals surface area contributed by atoms with E-state index in [2.05, 4.69) is 20.8 Å². The smallest absolute Gasteiger partial charge is 0.236 e. The lowest BCUT2D eigenvalue weighted by Crippen LogP contribution is -2.54. The molecule has 2 amide bonds. The molecule has 0 saturated heterocycles. The van der Waals surface area contributed by atoms with Gasteiger partial charge < -0.3 is 15.1 Å². The van der Waals surface area contributed by atoms with Crippen molar-refractivity contribution in [3.63, 3.8) is 0 Å². The van der Waals surface area contributed by atoms with Gasteiger partial charge in [-0.25, -0.2) is 8.78 Å². The molecule has 3 heterocycles. The van der Waals surface area contributed by atoms with Gasteiger partial charge in [-0.2, -0.15) is 10.2 Å². The first kappa shape index (κ1) is 28.7. The normalized spacial score (nSPS) is 11.7. The van der Waals surface area contributed by atoms with Crippen LogP contribution in [0.4, 0.5) is 8.78 Å². The molecule has 2 aromatic carbocycles. The van der Waals surface area contributed by atoms with Gasteiger partial charge in [0.15, 0.2) is 0 Å². The number of benzene rings is 2. The Morgan fingerprint density at radius 2 is 1.45 bits per heavy atom. The third kappa shape index (κ3) is 5.95. The van der Waals surface area contributed by atoms with Crippen LogP contribution in [0, 0.1) is 30.9 Å². The molecule has 5 aromatic rings. The van der Waals surface area contributed by atoms with Gasteiger partial charge in [0, 0.05) is 68.4 Å². The summed E-state index contributed by atoms with van der Waals surface area (Å²) in [6, 6.07) is 14.2. The largest absolute Gasteiger partial charge is 0.464 e. The van der Waals surface area contributed by atoms with Gasteiger partial charge in [0.2, 0.25) is 11.8 Å². The van der Waals surface area contributed by atoms with E-state index in [0.717, 1.165) is 40.1 Å². The van der Waals surface area contributed by atoms with Gasteiger partial charge in [0.25, 0.3) is 0 Å². The van der Waals surface area contributed by atoms with Gasteiger partial charge in [-0.15, -0.1) is 0 Å². The van der Waals surface area contributed by atoms with Gasteiger partial charge in [-0.3, -0.25) is 19.0 Å². The summed E-state index contributed by atoms with van der Waals surface area (Å²) in [6.45, 7) is 3.60. The Labute approximate surface area is 241 Å². The molecule has 218 valence electrons. The van der Waals surface area contributed by atoms with Crippen LogP contribution in [-0.2, 0) is 49.6 Å². The first-order chi connectivity index (χ1) is 20.0. The topological polar surface area (TPSA) is 107 Å². The van der Waals surface area contributed by atoms with Crippen LogP contribution < -0.4 is 10.6 Å². The fraction of sp³-hybridized carbons (Fsp3) is 0.290. The molecule has 0 aliphatic rings. The number of nitrogens with zero attached hydrogens (tertiary/aromatic N) is 4. The number of aromatic nitrogens is 4. The molecular formula is C31H32F2N6O3. The molecule has 0 saturated carbocycles. The van der Waals surface area contributed by atoms with Crippen LogP contribution in [0.2, 0.25) is 0 Å². The van der Waals surface area contributed by atoms with Crippen molar-refractivity contribution in [2.24, 2.45) is 19.5 Å². The van der Waals surface area contributed by atoms with Crippen molar-refractivity contribution >= 4 is 22.8 Å². The molecule has 0 unspecified atom stereocenters.